The summed E-state index contributed by atoms with van der Waals surface area (Å²) in [5.41, 5.74) is 0.517. The number of hydrogen-bond acceptors (Lipinski definition) is 7. The van der Waals surface area contributed by atoms with Gasteiger partial charge in [0.25, 0.3) is 5.92 Å². The molecule has 1 unspecified atom stereocenters. The van der Waals surface area contributed by atoms with E-state index in [0.717, 1.165) is 4.90 Å². The number of likely N-dealkylation sites (tertiary alicyclic amines) is 1. The summed E-state index contributed by atoms with van der Waals surface area (Å²) in [5, 5.41) is 13.5. The maximum Gasteiger partial charge on any atom is 0.329 e. The Balaban J connectivity index is 1.74. The standard InChI is InChI=1S/C23H31F2N5O4/c1-22(2,3)34-19(32)12-29-9-7-16(23(24,25)13-29)14-5-6-15(17(11-14)27-4)20(26)30-10-8-18(31)28-21(30)33/h5-6,11,16,26-27H,7-10,12-13H2,1-4H3,(H,28,31,33). The topological polar surface area (TPSA) is 115 Å². The van der Waals surface area contributed by atoms with Gasteiger partial charge in [0, 0.05) is 31.3 Å². The maximum atomic E-state index is 15.1. The second kappa shape index (κ2) is 9.65. The number of ether oxygens (including phenoxy) is 1. The molecule has 2 fully saturated rings. The molecule has 1 atom stereocenters. The number of anilines is 1. The number of amides is 3. The number of piperidine rings is 1. The van der Waals surface area contributed by atoms with Crippen LogP contribution in [-0.2, 0) is 14.3 Å². The lowest BCUT2D eigenvalue weighted by molar-refractivity contribution is -0.159. The lowest BCUT2D eigenvalue weighted by Crippen LogP contribution is -2.52. The molecule has 2 heterocycles. The fourth-order valence-corrected chi connectivity index (χ4v) is 4.23. The van der Waals surface area contributed by atoms with Gasteiger partial charge in [-0.25, -0.2) is 13.6 Å². The van der Waals surface area contributed by atoms with Crippen LogP contribution in [0.2, 0.25) is 0 Å². The second-order valence-corrected chi connectivity index (χ2v) is 9.56. The molecule has 3 N–H and O–H groups in total. The molecule has 1 aromatic carbocycles. The highest BCUT2D eigenvalue weighted by Crippen LogP contribution is 2.41. The van der Waals surface area contributed by atoms with Crippen LogP contribution in [0.3, 0.4) is 0 Å². The average molecular weight is 480 g/mol. The molecule has 2 saturated heterocycles. The van der Waals surface area contributed by atoms with Crippen LogP contribution < -0.4 is 10.6 Å². The normalized spacial score (nSPS) is 21.1. The van der Waals surface area contributed by atoms with Crippen molar-refractivity contribution >= 4 is 29.4 Å². The fraction of sp³-hybridized carbons (Fsp3) is 0.565. The molecule has 2 aliphatic heterocycles. The molecule has 1 aromatic rings. The second-order valence-electron chi connectivity index (χ2n) is 9.56. The van der Waals surface area contributed by atoms with Gasteiger partial charge in [-0.2, -0.15) is 0 Å². The zero-order valence-corrected chi connectivity index (χ0v) is 19.8. The number of hydrogen-bond donors (Lipinski definition) is 3. The predicted molar refractivity (Wildman–Crippen MR) is 122 cm³/mol. The summed E-state index contributed by atoms with van der Waals surface area (Å²) in [6, 6.07) is 3.96. The largest absolute Gasteiger partial charge is 0.459 e. The highest BCUT2D eigenvalue weighted by atomic mass is 19.3. The van der Waals surface area contributed by atoms with Gasteiger partial charge in [-0.05, 0) is 51.4 Å². The molecule has 3 amide bonds. The number of amidine groups is 1. The third kappa shape index (κ3) is 5.88. The SMILES string of the molecule is CNc1cc(C2CCN(CC(=O)OC(C)(C)C)CC2(F)F)ccc1C(=N)N1CCC(=O)NC1=O. The Labute approximate surface area is 197 Å². The maximum absolute atomic E-state index is 15.1. The van der Waals surface area contributed by atoms with Crippen molar-refractivity contribution < 1.29 is 27.9 Å². The zero-order chi connectivity index (χ0) is 25.3. The van der Waals surface area contributed by atoms with Crippen molar-refractivity contribution in [3.8, 4) is 0 Å². The first-order chi connectivity index (χ1) is 15.8. The summed E-state index contributed by atoms with van der Waals surface area (Å²) in [6.07, 6.45) is 0.224. The van der Waals surface area contributed by atoms with Crippen LogP contribution in [0.1, 0.15) is 50.7 Å². The van der Waals surface area contributed by atoms with Crippen molar-refractivity contribution in [1.82, 2.24) is 15.1 Å². The number of benzene rings is 1. The van der Waals surface area contributed by atoms with E-state index in [0.29, 0.717) is 23.4 Å². The van der Waals surface area contributed by atoms with E-state index in [1.165, 1.54) is 11.0 Å². The van der Waals surface area contributed by atoms with Gasteiger partial charge < -0.3 is 10.1 Å². The highest BCUT2D eigenvalue weighted by molar-refractivity contribution is 6.12. The molecule has 0 saturated carbocycles. The van der Waals surface area contributed by atoms with E-state index in [9.17, 15) is 14.4 Å². The van der Waals surface area contributed by atoms with Gasteiger partial charge in [0.2, 0.25) is 5.91 Å². The molecule has 9 nitrogen and oxygen atoms in total. The van der Waals surface area contributed by atoms with Crippen molar-refractivity contribution in [3.05, 3.63) is 29.3 Å². The van der Waals surface area contributed by atoms with Crippen LogP contribution in [-0.4, -0.2) is 78.3 Å². The molecular weight excluding hydrogens is 448 g/mol. The zero-order valence-electron chi connectivity index (χ0n) is 19.8. The quantitative estimate of drug-likeness (QED) is 0.340. The van der Waals surface area contributed by atoms with Gasteiger partial charge in [0.05, 0.1) is 19.0 Å². The lowest BCUT2D eigenvalue weighted by Gasteiger charge is -2.38. The van der Waals surface area contributed by atoms with Gasteiger partial charge in [0.15, 0.2) is 0 Å². The molecule has 2 aliphatic rings. The number of nitrogens with one attached hydrogen (secondary N) is 3. The molecule has 186 valence electrons. The minimum Gasteiger partial charge on any atom is -0.459 e. The molecule has 34 heavy (non-hydrogen) atoms. The van der Waals surface area contributed by atoms with Crippen LogP contribution in [0.15, 0.2) is 18.2 Å². The number of nitrogens with zero attached hydrogens (tertiary/aromatic N) is 2. The number of imide groups is 1. The average Bonchev–Trinajstić information content (AvgIpc) is 2.71. The first kappa shape index (κ1) is 25.5. The minimum atomic E-state index is -3.08. The number of carbonyl (C=O) groups is 3. The number of carbonyl (C=O) groups excluding carboxylic acids is 3. The Morgan fingerprint density at radius 2 is 2.00 bits per heavy atom. The fourth-order valence-electron chi connectivity index (χ4n) is 4.23. The van der Waals surface area contributed by atoms with E-state index >= 15 is 8.78 Å². The van der Waals surface area contributed by atoms with Gasteiger partial charge in [-0.15, -0.1) is 0 Å². The van der Waals surface area contributed by atoms with Crippen LogP contribution in [0.4, 0.5) is 19.3 Å². The molecular formula is C23H31F2N5O4. The monoisotopic (exact) mass is 479 g/mol. The van der Waals surface area contributed by atoms with Crippen LogP contribution in [0.25, 0.3) is 0 Å². The third-order valence-corrected chi connectivity index (χ3v) is 5.75. The number of alkyl halides is 2. The van der Waals surface area contributed by atoms with Crippen molar-refractivity contribution in [3.63, 3.8) is 0 Å². The summed E-state index contributed by atoms with van der Waals surface area (Å²) in [5.74, 6) is -5.20. The van der Waals surface area contributed by atoms with E-state index in [4.69, 9.17) is 10.1 Å². The number of rotatable bonds is 5. The lowest BCUT2D eigenvalue weighted by atomic mass is 9.85. The van der Waals surface area contributed by atoms with E-state index in [1.807, 2.05) is 0 Å². The molecule has 3 rings (SSSR count). The minimum absolute atomic E-state index is 0.0720. The van der Waals surface area contributed by atoms with Gasteiger partial charge >= 0.3 is 12.0 Å². The van der Waals surface area contributed by atoms with E-state index in [2.05, 4.69) is 10.6 Å². The van der Waals surface area contributed by atoms with Crippen molar-refractivity contribution in [2.24, 2.45) is 0 Å². The molecule has 0 aliphatic carbocycles. The Morgan fingerprint density at radius 1 is 1.29 bits per heavy atom. The Kier molecular flexibility index (Phi) is 7.25. The van der Waals surface area contributed by atoms with Crippen LogP contribution >= 0.6 is 0 Å². The molecule has 0 radical (unpaired) electrons. The molecule has 0 bridgehead atoms. The summed E-state index contributed by atoms with van der Waals surface area (Å²) >= 11 is 0. The molecule has 11 heteroatoms. The van der Waals surface area contributed by atoms with Crippen LogP contribution in [0, 0.1) is 5.41 Å². The Hall–Kier alpha value is -3.08. The summed E-state index contributed by atoms with van der Waals surface area (Å²) in [6.45, 7) is 4.81. The first-order valence-corrected chi connectivity index (χ1v) is 11.1. The van der Waals surface area contributed by atoms with Crippen molar-refractivity contribution in [2.75, 3.05) is 38.5 Å². The van der Waals surface area contributed by atoms with Gasteiger partial charge in [0.1, 0.15) is 11.4 Å². The highest BCUT2D eigenvalue weighted by Gasteiger charge is 2.46. The van der Waals surface area contributed by atoms with Crippen molar-refractivity contribution in [1.29, 1.82) is 5.41 Å². The first-order valence-electron chi connectivity index (χ1n) is 11.1. The number of esters is 1. The third-order valence-electron chi connectivity index (χ3n) is 5.75. The van der Waals surface area contributed by atoms with Crippen molar-refractivity contribution in [2.45, 2.75) is 51.1 Å². The van der Waals surface area contributed by atoms with Crippen LogP contribution in [0.5, 0.6) is 0 Å². The Morgan fingerprint density at radius 3 is 2.59 bits per heavy atom. The predicted octanol–water partition coefficient (Wildman–Crippen LogP) is 2.76. The van der Waals surface area contributed by atoms with E-state index < -0.39 is 41.9 Å². The molecule has 0 spiro atoms. The van der Waals surface area contributed by atoms with E-state index in [1.54, 1.807) is 40.0 Å². The van der Waals surface area contributed by atoms with Gasteiger partial charge in [-0.3, -0.25) is 30.1 Å². The summed E-state index contributed by atoms with van der Waals surface area (Å²) < 4.78 is 35.5. The smallest absolute Gasteiger partial charge is 0.329 e. The number of halogens is 2. The molecule has 0 aromatic heterocycles. The van der Waals surface area contributed by atoms with Gasteiger partial charge in [-0.1, -0.05) is 6.07 Å². The summed E-state index contributed by atoms with van der Waals surface area (Å²) in [7, 11) is 1.61. The Bertz CT molecular complexity index is 992. The van der Waals surface area contributed by atoms with E-state index in [-0.39, 0.29) is 31.8 Å². The number of urea groups is 1. The summed E-state index contributed by atoms with van der Waals surface area (Å²) in [4.78, 5) is 38.1.